The number of fused-ring (bicyclic) bond motifs is 1. The molecule has 94 valence electrons. The van der Waals surface area contributed by atoms with Gasteiger partial charge in [0.1, 0.15) is 6.54 Å². The van der Waals surface area contributed by atoms with Gasteiger partial charge in [-0.15, -0.1) is 0 Å². The minimum Gasteiger partial charge on any atom is -0.480 e. The number of aromatic nitrogens is 1. The van der Waals surface area contributed by atoms with Crippen molar-refractivity contribution in [3.05, 3.63) is 36.0 Å². The average Bonchev–Trinajstić information content (AvgIpc) is 2.36. The fraction of sp³-hybridized carbons (Fsp3) is 0.286. The molecule has 4 nitrogen and oxygen atoms in total. The summed E-state index contributed by atoms with van der Waals surface area (Å²) >= 11 is 0. The molecule has 4 heteroatoms. The van der Waals surface area contributed by atoms with Crippen molar-refractivity contribution in [3.63, 3.8) is 0 Å². The molecule has 0 saturated carbocycles. The molecule has 1 heterocycles. The summed E-state index contributed by atoms with van der Waals surface area (Å²) in [4.78, 5) is 17.1. The van der Waals surface area contributed by atoms with Gasteiger partial charge in [-0.05, 0) is 18.6 Å². The Hall–Kier alpha value is -2.10. The number of hydrogen-bond donors (Lipinski definition) is 1. The highest BCUT2D eigenvalue weighted by Crippen LogP contribution is 2.26. The molecule has 0 bridgehead atoms. The van der Waals surface area contributed by atoms with Crippen molar-refractivity contribution in [2.75, 3.05) is 18.5 Å². The summed E-state index contributed by atoms with van der Waals surface area (Å²) < 4.78 is 0. The summed E-state index contributed by atoms with van der Waals surface area (Å²) in [7, 11) is 1.79. The summed E-state index contributed by atoms with van der Waals surface area (Å²) in [6.45, 7) is 2.02. The number of pyridine rings is 1. The van der Waals surface area contributed by atoms with E-state index in [4.69, 9.17) is 5.11 Å². The molecule has 2 aromatic rings. The maximum Gasteiger partial charge on any atom is 0.323 e. The molecule has 1 aromatic carbocycles. The average molecular weight is 244 g/mol. The van der Waals surface area contributed by atoms with Crippen molar-refractivity contribution in [1.82, 2.24) is 4.98 Å². The van der Waals surface area contributed by atoms with E-state index in [-0.39, 0.29) is 6.54 Å². The first kappa shape index (κ1) is 12.4. The number of nitrogens with zero attached hydrogens (tertiary/aromatic N) is 2. The van der Waals surface area contributed by atoms with Crippen LogP contribution in [0.3, 0.4) is 0 Å². The number of hydrogen-bond acceptors (Lipinski definition) is 3. The summed E-state index contributed by atoms with van der Waals surface area (Å²) in [6.07, 6.45) is 0.832. The highest BCUT2D eigenvalue weighted by Gasteiger charge is 2.11. The van der Waals surface area contributed by atoms with E-state index in [1.165, 1.54) is 0 Å². The standard InChI is InChI=1S/C14H16N2O2/c1-3-10-8-13(16(2)9-14(17)18)11-6-4-5-7-12(11)15-10/h4-8H,3,9H2,1-2H3,(H,17,18). The molecule has 0 aliphatic heterocycles. The zero-order valence-corrected chi connectivity index (χ0v) is 10.6. The molecular weight excluding hydrogens is 228 g/mol. The fourth-order valence-electron chi connectivity index (χ4n) is 2.00. The van der Waals surface area contributed by atoms with Gasteiger partial charge in [-0.3, -0.25) is 9.78 Å². The van der Waals surface area contributed by atoms with E-state index in [0.717, 1.165) is 28.7 Å². The number of rotatable bonds is 4. The van der Waals surface area contributed by atoms with Crippen LogP contribution in [0.1, 0.15) is 12.6 Å². The highest BCUT2D eigenvalue weighted by molar-refractivity contribution is 5.93. The lowest BCUT2D eigenvalue weighted by molar-refractivity contribution is -0.135. The molecule has 2 rings (SSSR count). The SMILES string of the molecule is CCc1cc(N(C)CC(=O)O)c2ccccc2n1. The summed E-state index contributed by atoms with van der Waals surface area (Å²) in [6, 6.07) is 9.76. The summed E-state index contributed by atoms with van der Waals surface area (Å²) in [5.74, 6) is -0.837. The number of carboxylic acid groups (broad SMARTS) is 1. The van der Waals surface area contributed by atoms with Crippen molar-refractivity contribution in [3.8, 4) is 0 Å². The third-order valence-corrected chi connectivity index (χ3v) is 2.89. The van der Waals surface area contributed by atoms with E-state index < -0.39 is 5.97 Å². The smallest absolute Gasteiger partial charge is 0.323 e. The second kappa shape index (κ2) is 5.04. The topological polar surface area (TPSA) is 53.4 Å². The zero-order chi connectivity index (χ0) is 13.1. The summed E-state index contributed by atoms with van der Waals surface area (Å²) in [5, 5.41) is 9.87. The second-order valence-electron chi connectivity index (χ2n) is 4.25. The molecule has 0 radical (unpaired) electrons. The number of benzene rings is 1. The van der Waals surface area contributed by atoms with Gasteiger partial charge in [0, 0.05) is 23.8 Å². The Kier molecular flexibility index (Phi) is 3.46. The van der Waals surface area contributed by atoms with Crippen LogP contribution in [0.2, 0.25) is 0 Å². The van der Waals surface area contributed by atoms with Crippen LogP contribution in [-0.4, -0.2) is 29.7 Å². The normalized spacial score (nSPS) is 10.6. The predicted molar refractivity (Wildman–Crippen MR) is 72.0 cm³/mol. The maximum atomic E-state index is 10.8. The van der Waals surface area contributed by atoms with E-state index in [1.54, 1.807) is 11.9 Å². The molecule has 0 unspecified atom stereocenters. The fourth-order valence-corrected chi connectivity index (χ4v) is 2.00. The summed E-state index contributed by atoms with van der Waals surface area (Å²) in [5.41, 5.74) is 2.80. The van der Waals surface area contributed by atoms with Gasteiger partial charge in [-0.25, -0.2) is 0 Å². The maximum absolute atomic E-state index is 10.8. The minimum atomic E-state index is -0.837. The Labute approximate surface area is 106 Å². The molecule has 1 N–H and O–H groups in total. The van der Waals surface area contributed by atoms with Gasteiger partial charge >= 0.3 is 5.97 Å². The number of likely N-dealkylation sites (N-methyl/N-ethyl adjacent to an activating group) is 1. The van der Waals surface area contributed by atoms with Crippen molar-refractivity contribution < 1.29 is 9.90 Å². The van der Waals surface area contributed by atoms with Crippen molar-refractivity contribution in [2.45, 2.75) is 13.3 Å². The first-order valence-corrected chi connectivity index (χ1v) is 5.93. The van der Waals surface area contributed by atoms with E-state index in [0.29, 0.717) is 0 Å². The zero-order valence-electron chi connectivity index (χ0n) is 10.6. The first-order chi connectivity index (χ1) is 8.61. The molecule has 0 atom stereocenters. The van der Waals surface area contributed by atoms with Gasteiger partial charge in [0.15, 0.2) is 0 Å². The van der Waals surface area contributed by atoms with Crippen LogP contribution in [0.4, 0.5) is 5.69 Å². The molecular formula is C14H16N2O2. The number of aliphatic carboxylic acids is 1. The first-order valence-electron chi connectivity index (χ1n) is 5.93. The van der Waals surface area contributed by atoms with E-state index in [2.05, 4.69) is 4.98 Å². The lowest BCUT2D eigenvalue weighted by Gasteiger charge is -2.19. The molecule has 0 amide bonds. The number of carbonyl (C=O) groups is 1. The third kappa shape index (κ3) is 2.42. The quantitative estimate of drug-likeness (QED) is 0.896. The molecule has 0 aliphatic carbocycles. The van der Waals surface area contributed by atoms with E-state index in [1.807, 2.05) is 37.3 Å². The lowest BCUT2D eigenvalue weighted by Crippen LogP contribution is -2.25. The van der Waals surface area contributed by atoms with Crippen molar-refractivity contribution >= 4 is 22.6 Å². The predicted octanol–water partition coefficient (Wildman–Crippen LogP) is 2.32. The van der Waals surface area contributed by atoms with Crippen LogP contribution >= 0.6 is 0 Å². The number of aryl methyl sites for hydroxylation is 1. The Bertz CT molecular complexity index is 581. The van der Waals surface area contributed by atoms with Crippen LogP contribution in [0.25, 0.3) is 10.9 Å². The minimum absolute atomic E-state index is 0.0167. The van der Waals surface area contributed by atoms with Crippen LogP contribution < -0.4 is 4.90 Å². The van der Waals surface area contributed by atoms with Crippen LogP contribution in [0.5, 0.6) is 0 Å². The van der Waals surface area contributed by atoms with Gasteiger partial charge < -0.3 is 10.0 Å². The Balaban J connectivity index is 2.56. The molecule has 1 aromatic heterocycles. The Morgan fingerprint density at radius 2 is 2.11 bits per heavy atom. The van der Waals surface area contributed by atoms with E-state index in [9.17, 15) is 4.79 Å². The van der Waals surface area contributed by atoms with E-state index >= 15 is 0 Å². The lowest BCUT2D eigenvalue weighted by atomic mass is 10.1. The number of anilines is 1. The second-order valence-corrected chi connectivity index (χ2v) is 4.25. The molecule has 0 saturated heterocycles. The highest BCUT2D eigenvalue weighted by atomic mass is 16.4. The number of carboxylic acids is 1. The molecule has 0 spiro atoms. The molecule has 18 heavy (non-hydrogen) atoms. The van der Waals surface area contributed by atoms with Crippen LogP contribution in [0, 0.1) is 0 Å². The molecule has 0 fully saturated rings. The van der Waals surface area contributed by atoms with Crippen LogP contribution in [-0.2, 0) is 11.2 Å². The van der Waals surface area contributed by atoms with Gasteiger partial charge in [0.05, 0.1) is 5.52 Å². The van der Waals surface area contributed by atoms with Crippen molar-refractivity contribution in [2.24, 2.45) is 0 Å². The van der Waals surface area contributed by atoms with Crippen LogP contribution in [0.15, 0.2) is 30.3 Å². The third-order valence-electron chi connectivity index (χ3n) is 2.89. The van der Waals surface area contributed by atoms with Gasteiger partial charge in [0.2, 0.25) is 0 Å². The van der Waals surface area contributed by atoms with Crippen molar-refractivity contribution in [1.29, 1.82) is 0 Å². The number of para-hydroxylation sites is 1. The largest absolute Gasteiger partial charge is 0.480 e. The Morgan fingerprint density at radius 3 is 2.78 bits per heavy atom. The Morgan fingerprint density at radius 1 is 1.39 bits per heavy atom. The monoisotopic (exact) mass is 244 g/mol. The van der Waals surface area contributed by atoms with Gasteiger partial charge in [-0.2, -0.15) is 0 Å². The molecule has 0 aliphatic rings. The van der Waals surface area contributed by atoms with Gasteiger partial charge in [0.25, 0.3) is 0 Å². The van der Waals surface area contributed by atoms with Gasteiger partial charge in [-0.1, -0.05) is 25.1 Å².